The first-order chi connectivity index (χ1) is 7.24. The van der Waals surface area contributed by atoms with Crippen molar-refractivity contribution in [3.8, 4) is 0 Å². The molecule has 1 saturated heterocycles. The standard InChI is InChI=1S/C9H11BrN4O/c10-7-3-8(13-5-12-7)14-6-1-2-9(15)11-4-6/h3,5-6H,1-2,4H2,(H,11,15)(H,12,13,14). The first-order valence-electron chi connectivity index (χ1n) is 4.75. The third kappa shape index (κ3) is 2.89. The first-order valence-corrected chi connectivity index (χ1v) is 5.54. The van der Waals surface area contributed by atoms with Gasteiger partial charge in [-0.2, -0.15) is 0 Å². The number of piperidine rings is 1. The highest BCUT2D eigenvalue weighted by atomic mass is 79.9. The van der Waals surface area contributed by atoms with E-state index in [9.17, 15) is 4.79 Å². The van der Waals surface area contributed by atoms with Gasteiger partial charge in [-0.3, -0.25) is 4.79 Å². The van der Waals surface area contributed by atoms with Crippen LogP contribution in [0.15, 0.2) is 17.0 Å². The van der Waals surface area contributed by atoms with Crippen molar-refractivity contribution >= 4 is 27.7 Å². The zero-order chi connectivity index (χ0) is 10.7. The van der Waals surface area contributed by atoms with E-state index in [2.05, 4.69) is 36.5 Å². The van der Waals surface area contributed by atoms with Crippen molar-refractivity contribution in [3.63, 3.8) is 0 Å². The maximum absolute atomic E-state index is 10.9. The van der Waals surface area contributed by atoms with Crippen LogP contribution in [0.5, 0.6) is 0 Å². The normalized spacial score (nSPS) is 20.9. The van der Waals surface area contributed by atoms with Crippen LogP contribution in [0.2, 0.25) is 0 Å². The molecule has 6 heteroatoms. The monoisotopic (exact) mass is 270 g/mol. The Kier molecular flexibility index (Phi) is 3.15. The molecule has 1 amide bonds. The lowest BCUT2D eigenvalue weighted by Crippen LogP contribution is -2.42. The van der Waals surface area contributed by atoms with Gasteiger partial charge in [0.25, 0.3) is 0 Å². The lowest BCUT2D eigenvalue weighted by molar-refractivity contribution is -0.122. The summed E-state index contributed by atoms with van der Waals surface area (Å²) in [7, 11) is 0. The van der Waals surface area contributed by atoms with E-state index < -0.39 is 0 Å². The number of amides is 1. The van der Waals surface area contributed by atoms with Gasteiger partial charge in [0.15, 0.2) is 0 Å². The van der Waals surface area contributed by atoms with E-state index in [0.29, 0.717) is 13.0 Å². The number of anilines is 1. The summed E-state index contributed by atoms with van der Waals surface area (Å²) in [6, 6.07) is 2.07. The predicted octanol–water partition coefficient (Wildman–Crippen LogP) is 0.930. The van der Waals surface area contributed by atoms with Gasteiger partial charge in [0.1, 0.15) is 16.7 Å². The van der Waals surface area contributed by atoms with Gasteiger partial charge in [-0.1, -0.05) is 0 Å². The molecular weight excluding hydrogens is 260 g/mol. The Balaban J connectivity index is 1.94. The smallest absolute Gasteiger partial charge is 0.220 e. The molecule has 0 aromatic carbocycles. The number of nitrogens with zero attached hydrogens (tertiary/aromatic N) is 2. The van der Waals surface area contributed by atoms with Gasteiger partial charge in [0, 0.05) is 25.1 Å². The summed E-state index contributed by atoms with van der Waals surface area (Å²) < 4.78 is 0.750. The Bertz CT molecular complexity index is 361. The average molecular weight is 271 g/mol. The second-order valence-electron chi connectivity index (χ2n) is 3.41. The van der Waals surface area contributed by atoms with Gasteiger partial charge >= 0.3 is 0 Å². The van der Waals surface area contributed by atoms with E-state index in [-0.39, 0.29) is 11.9 Å². The van der Waals surface area contributed by atoms with E-state index in [4.69, 9.17) is 0 Å². The number of hydrogen-bond donors (Lipinski definition) is 2. The lowest BCUT2D eigenvalue weighted by Gasteiger charge is -2.23. The summed E-state index contributed by atoms with van der Waals surface area (Å²) in [5, 5.41) is 6.06. The number of aromatic nitrogens is 2. The van der Waals surface area contributed by atoms with Crippen LogP contribution < -0.4 is 10.6 Å². The molecule has 0 aliphatic carbocycles. The molecule has 15 heavy (non-hydrogen) atoms. The van der Waals surface area contributed by atoms with Crippen LogP contribution in [0.1, 0.15) is 12.8 Å². The van der Waals surface area contributed by atoms with Crippen LogP contribution in [-0.2, 0) is 4.79 Å². The second kappa shape index (κ2) is 4.57. The fraction of sp³-hybridized carbons (Fsp3) is 0.444. The minimum Gasteiger partial charge on any atom is -0.365 e. The number of halogens is 1. The third-order valence-corrected chi connectivity index (χ3v) is 2.68. The summed E-state index contributed by atoms with van der Waals surface area (Å²) in [5.41, 5.74) is 0. The molecule has 0 spiro atoms. The molecule has 80 valence electrons. The Hall–Kier alpha value is -1.17. The number of carbonyl (C=O) groups is 1. The van der Waals surface area contributed by atoms with E-state index >= 15 is 0 Å². The summed E-state index contributed by atoms with van der Waals surface area (Å²) in [5.74, 6) is 0.898. The maximum Gasteiger partial charge on any atom is 0.220 e. The van der Waals surface area contributed by atoms with Crippen LogP contribution in [-0.4, -0.2) is 28.5 Å². The molecule has 1 unspecified atom stereocenters. The number of nitrogens with one attached hydrogen (secondary N) is 2. The Morgan fingerprint density at radius 1 is 1.53 bits per heavy atom. The van der Waals surface area contributed by atoms with Crippen molar-refractivity contribution < 1.29 is 4.79 Å². The Labute approximate surface area is 95.8 Å². The molecule has 0 saturated carbocycles. The lowest BCUT2D eigenvalue weighted by atomic mass is 10.1. The summed E-state index contributed by atoms with van der Waals surface area (Å²) in [4.78, 5) is 19.0. The fourth-order valence-corrected chi connectivity index (χ4v) is 1.79. The Morgan fingerprint density at radius 3 is 3.07 bits per heavy atom. The van der Waals surface area contributed by atoms with Crippen molar-refractivity contribution in [2.45, 2.75) is 18.9 Å². The molecular formula is C9H11BrN4O. The molecule has 1 atom stereocenters. The molecule has 0 radical (unpaired) electrons. The van der Waals surface area contributed by atoms with E-state index in [0.717, 1.165) is 16.8 Å². The molecule has 5 nitrogen and oxygen atoms in total. The summed E-state index contributed by atoms with van der Waals surface area (Å²) in [6.07, 6.45) is 2.91. The minimum absolute atomic E-state index is 0.122. The van der Waals surface area contributed by atoms with Gasteiger partial charge in [-0.25, -0.2) is 9.97 Å². The summed E-state index contributed by atoms with van der Waals surface area (Å²) >= 11 is 3.28. The van der Waals surface area contributed by atoms with E-state index in [1.54, 1.807) is 0 Å². The Morgan fingerprint density at radius 2 is 2.40 bits per heavy atom. The van der Waals surface area contributed by atoms with Crippen LogP contribution >= 0.6 is 15.9 Å². The van der Waals surface area contributed by atoms with Crippen molar-refractivity contribution in [1.82, 2.24) is 15.3 Å². The van der Waals surface area contributed by atoms with Gasteiger partial charge in [0.2, 0.25) is 5.91 Å². The van der Waals surface area contributed by atoms with E-state index in [1.807, 2.05) is 6.07 Å². The molecule has 1 fully saturated rings. The van der Waals surface area contributed by atoms with Crippen molar-refractivity contribution in [3.05, 3.63) is 17.0 Å². The highest BCUT2D eigenvalue weighted by Crippen LogP contribution is 2.13. The van der Waals surface area contributed by atoms with Crippen molar-refractivity contribution in [2.24, 2.45) is 0 Å². The van der Waals surface area contributed by atoms with Crippen molar-refractivity contribution in [1.29, 1.82) is 0 Å². The molecule has 2 N–H and O–H groups in total. The van der Waals surface area contributed by atoms with Crippen LogP contribution in [0.25, 0.3) is 0 Å². The molecule has 1 aliphatic heterocycles. The number of rotatable bonds is 2. The third-order valence-electron chi connectivity index (χ3n) is 2.25. The quantitative estimate of drug-likeness (QED) is 0.785. The zero-order valence-corrected chi connectivity index (χ0v) is 9.62. The highest BCUT2D eigenvalue weighted by molar-refractivity contribution is 9.10. The van der Waals surface area contributed by atoms with Crippen LogP contribution in [0, 0.1) is 0 Å². The second-order valence-corrected chi connectivity index (χ2v) is 4.22. The van der Waals surface area contributed by atoms with Crippen molar-refractivity contribution in [2.75, 3.05) is 11.9 Å². The SMILES string of the molecule is O=C1CCC(Nc2cc(Br)ncn2)CN1. The minimum atomic E-state index is 0.122. The predicted molar refractivity (Wildman–Crippen MR) is 59.4 cm³/mol. The fourth-order valence-electron chi connectivity index (χ4n) is 1.48. The highest BCUT2D eigenvalue weighted by Gasteiger charge is 2.17. The van der Waals surface area contributed by atoms with Crippen LogP contribution in [0.4, 0.5) is 5.82 Å². The average Bonchev–Trinajstić information content (AvgIpc) is 2.22. The van der Waals surface area contributed by atoms with Gasteiger partial charge in [0.05, 0.1) is 0 Å². The molecule has 1 aromatic rings. The van der Waals surface area contributed by atoms with Gasteiger partial charge in [-0.05, 0) is 22.4 Å². The molecule has 2 rings (SSSR count). The van der Waals surface area contributed by atoms with Gasteiger partial charge in [-0.15, -0.1) is 0 Å². The van der Waals surface area contributed by atoms with Crippen LogP contribution in [0.3, 0.4) is 0 Å². The molecule has 1 aliphatic rings. The van der Waals surface area contributed by atoms with E-state index in [1.165, 1.54) is 6.33 Å². The topological polar surface area (TPSA) is 66.9 Å². The maximum atomic E-state index is 10.9. The molecule has 1 aromatic heterocycles. The molecule has 2 heterocycles. The first kappa shape index (κ1) is 10.4. The number of carbonyl (C=O) groups excluding carboxylic acids is 1. The van der Waals surface area contributed by atoms with Gasteiger partial charge < -0.3 is 10.6 Å². The zero-order valence-electron chi connectivity index (χ0n) is 8.03. The summed E-state index contributed by atoms with van der Waals surface area (Å²) in [6.45, 7) is 0.653. The largest absolute Gasteiger partial charge is 0.365 e. The number of hydrogen-bond acceptors (Lipinski definition) is 4. The molecule has 0 bridgehead atoms.